The molecule has 0 bridgehead atoms. The van der Waals surface area contributed by atoms with Gasteiger partial charge in [0.1, 0.15) is 5.75 Å². The van der Waals surface area contributed by atoms with Crippen LogP contribution >= 0.6 is 23.2 Å². The van der Waals surface area contributed by atoms with Crippen LogP contribution in [0.1, 0.15) is 0 Å². The number of primary amides is 1. The monoisotopic (exact) mass is 324 g/mol. The number of amides is 2. The number of benzene rings is 2. The van der Waals surface area contributed by atoms with Gasteiger partial charge in [0.05, 0.1) is 10.7 Å². The molecule has 0 heterocycles. The predicted octanol–water partition coefficient (Wildman–Crippen LogP) is 3.21. The van der Waals surface area contributed by atoms with Gasteiger partial charge in [-0.2, -0.15) is 0 Å². The Morgan fingerprint density at radius 2 is 1.76 bits per heavy atom. The lowest BCUT2D eigenvalue weighted by molar-refractivity contribution is -0.134. The van der Waals surface area contributed by atoms with Gasteiger partial charge in [-0.25, -0.2) is 0 Å². The molecule has 3 N–H and O–H groups in total. The molecule has 0 saturated carbocycles. The van der Waals surface area contributed by atoms with E-state index in [1.165, 1.54) is 6.07 Å². The summed E-state index contributed by atoms with van der Waals surface area (Å²) in [5.74, 6) is -1.35. The van der Waals surface area contributed by atoms with E-state index in [0.29, 0.717) is 27.2 Å². The summed E-state index contributed by atoms with van der Waals surface area (Å²) < 4.78 is 5.62. The fourth-order valence-corrected chi connectivity index (χ4v) is 1.97. The molecule has 0 atom stereocenters. The van der Waals surface area contributed by atoms with Crippen LogP contribution in [0.3, 0.4) is 0 Å². The normalized spacial score (nSPS) is 10.0. The van der Waals surface area contributed by atoms with E-state index in [1.54, 1.807) is 36.4 Å². The maximum absolute atomic E-state index is 11.3. The Morgan fingerprint density at radius 3 is 2.43 bits per heavy atom. The van der Waals surface area contributed by atoms with Crippen molar-refractivity contribution in [3.8, 4) is 11.5 Å². The van der Waals surface area contributed by atoms with Gasteiger partial charge in [0.2, 0.25) is 0 Å². The number of anilines is 1. The molecule has 0 aliphatic heterocycles. The molecule has 2 rings (SSSR count). The number of ether oxygens (including phenoxy) is 1. The molecule has 108 valence electrons. The number of para-hydroxylation sites is 2. The van der Waals surface area contributed by atoms with Gasteiger partial charge in [0.25, 0.3) is 0 Å². The fraction of sp³-hybridized carbons (Fsp3) is 0. The lowest BCUT2D eigenvalue weighted by Crippen LogP contribution is -2.29. The summed E-state index contributed by atoms with van der Waals surface area (Å²) in [5, 5.41) is 3.15. The molecule has 7 heteroatoms. The summed E-state index contributed by atoms with van der Waals surface area (Å²) in [6, 6.07) is 11.3. The summed E-state index contributed by atoms with van der Waals surface area (Å²) in [6.45, 7) is 0. The Balaban J connectivity index is 2.28. The van der Waals surface area contributed by atoms with Crippen molar-refractivity contribution >= 4 is 40.7 Å². The van der Waals surface area contributed by atoms with E-state index >= 15 is 0 Å². The minimum Gasteiger partial charge on any atom is -0.454 e. The minimum absolute atomic E-state index is 0.298. The number of hydrogen-bond donors (Lipinski definition) is 2. The fourth-order valence-electron chi connectivity index (χ4n) is 1.52. The zero-order valence-electron chi connectivity index (χ0n) is 10.6. The number of hydrogen-bond acceptors (Lipinski definition) is 3. The first-order valence-corrected chi connectivity index (χ1v) is 6.55. The van der Waals surface area contributed by atoms with Gasteiger partial charge >= 0.3 is 11.8 Å². The number of nitrogens with two attached hydrogens (primary N) is 1. The predicted molar refractivity (Wildman–Crippen MR) is 80.8 cm³/mol. The number of carbonyl (C=O) groups is 2. The minimum atomic E-state index is -1.09. The molecule has 0 aliphatic carbocycles. The zero-order valence-corrected chi connectivity index (χ0v) is 12.1. The SMILES string of the molecule is NC(=O)C(=O)Nc1ccccc1Oc1ccc(Cl)cc1Cl. The van der Waals surface area contributed by atoms with E-state index in [9.17, 15) is 9.59 Å². The lowest BCUT2D eigenvalue weighted by atomic mass is 10.2. The first-order chi connectivity index (χ1) is 9.97. The maximum Gasteiger partial charge on any atom is 0.313 e. The van der Waals surface area contributed by atoms with Crippen LogP contribution in [0.4, 0.5) is 5.69 Å². The Labute approximate surface area is 130 Å². The highest BCUT2D eigenvalue weighted by atomic mass is 35.5. The van der Waals surface area contributed by atoms with Crippen LogP contribution in [0.2, 0.25) is 10.0 Å². The molecule has 0 fully saturated rings. The van der Waals surface area contributed by atoms with Gasteiger partial charge < -0.3 is 15.8 Å². The van der Waals surface area contributed by atoms with Crippen LogP contribution in [0.25, 0.3) is 0 Å². The molecule has 2 aromatic carbocycles. The molecule has 21 heavy (non-hydrogen) atoms. The third kappa shape index (κ3) is 3.87. The molecule has 2 amide bonds. The van der Waals surface area contributed by atoms with Crippen molar-refractivity contribution in [1.82, 2.24) is 0 Å². The number of carbonyl (C=O) groups excluding carboxylic acids is 2. The third-order valence-electron chi connectivity index (χ3n) is 2.47. The summed E-state index contributed by atoms with van der Waals surface area (Å²) in [7, 11) is 0. The molecule has 2 aromatic rings. The van der Waals surface area contributed by atoms with Crippen molar-refractivity contribution in [2.24, 2.45) is 5.73 Å². The van der Waals surface area contributed by atoms with Gasteiger partial charge in [-0.3, -0.25) is 9.59 Å². The summed E-state index contributed by atoms with van der Waals surface area (Å²) in [4.78, 5) is 22.1. The zero-order chi connectivity index (χ0) is 15.4. The second-order valence-electron chi connectivity index (χ2n) is 3.99. The van der Waals surface area contributed by atoms with E-state index < -0.39 is 11.8 Å². The third-order valence-corrected chi connectivity index (χ3v) is 3.00. The first kappa shape index (κ1) is 15.2. The summed E-state index contributed by atoms with van der Waals surface area (Å²) >= 11 is 11.8. The highest BCUT2D eigenvalue weighted by Gasteiger charge is 2.13. The number of nitrogens with one attached hydrogen (secondary N) is 1. The molecule has 0 aliphatic rings. The number of halogens is 2. The van der Waals surface area contributed by atoms with Crippen LogP contribution in [-0.2, 0) is 9.59 Å². The van der Waals surface area contributed by atoms with E-state index in [1.807, 2.05) is 0 Å². The smallest absolute Gasteiger partial charge is 0.313 e. The quantitative estimate of drug-likeness (QED) is 0.850. The Bertz CT molecular complexity index is 704. The van der Waals surface area contributed by atoms with Gasteiger partial charge in [-0.1, -0.05) is 35.3 Å². The van der Waals surface area contributed by atoms with Crippen molar-refractivity contribution in [2.45, 2.75) is 0 Å². The maximum atomic E-state index is 11.3. The molecular formula is C14H10Cl2N2O3. The van der Waals surface area contributed by atoms with Crippen molar-refractivity contribution in [1.29, 1.82) is 0 Å². The molecule has 0 aromatic heterocycles. The molecule has 0 radical (unpaired) electrons. The highest BCUT2D eigenvalue weighted by molar-refractivity contribution is 6.39. The average molecular weight is 325 g/mol. The van der Waals surface area contributed by atoms with Gasteiger partial charge in [0, 0.05) is 5.02 Å². The molecule has 0 spiro atoms. The van der Waals surface area contributed by atoms with Crippen LogP contribution in [0.15, 0.2) is 42.5 Å². The van der Waals surface area contributed by atoms with Crippen LogP contribution in [0, 0.1) is 0 Å². The van der Waals surface area contributed by atoms with Crippen LogP contribution in [0.5, 0.6) is 11.5 Å². The second kappa shape index (κ2) is 6.47. The van der Waals surface area contributed by atoms with Crippen molar-refractivity contribution < 1.29 is 14.3 Å². The highest BCUT2D eigenvalue weighted by Crippen LogP contribution is 2.34. The average Bonchev–Trinajstić information content (AvgIpc) is 2.43. The van der Waals surface area contributed by atoms with Crippen molar-refractivity contribution in [2.75, 3.05) is 5.32 Å². The lowest BCUT2D eigenvalue weighted by Gasteiger charge is -2.12. The number of rotatable bonds is 3. The topological polar surface area (TPSA) is 81.4 Å². The van der Waals surface area contributed by atoms with Gasteiger partial charge in [-0.05, 0) is 30.3 Å². The largest absolute Gasteiger partial charge is 0.454 e. The first-order valence-electron chi connectivity index (χ1n) is 5.80. The second-order valence-corrected chi connectivity index (χ2v) is 4.83. The molecule has 0 saturated heterocycles. The summed E-state index contributed by atoms with van der Waals surface area (Å²) in [5.41, 5.74) is 5.20. The van der Waals surface area contributed by atoms with Crippen molar-refractivity contribution in [3.63, 3.8) is 0 Å². The van der Waals surface area contributed by atoms with E-state index in [-0.39, 0.29) is 0 Å². The van der Waals surface area contributed by atoms with E-state index in [4.69, 9.17) is 33.7 Å². The van der Waals surface area contributed by atoms with Crippen molar-refractivity contribution in [3.05, 3.63) is 52.5 Å². The molecule has 0 unspecified atom stereocenters. The Morgan fingerprint density at radius 1 is 1.05 bits per heavy atom. The van der Waals surface area contributed by atoms with Crippen LogP contribution < -0.4 is 15.8 Å². The standard InChI is InChI=1S/C14H10Cl2N2O3/c15-8-5-6-11(9(16)7-8)21-12-4-2-1-3-10(12)18-14(20)13(17)19/h1-7H,(H2,17,19)(H,18,20). The van der Waals surface area contributed by atoms with E-state index in [0.717, 1.165) is 0 Å². The Hall–Kier alpha value is -2.24. The molecular weight excluding hydrogens is 315 g/mol. The Kier molecular flexibility index (Phi) is 4.67. The molecule has 5 nitrogen and oxygen atoms in total. The van der Waals surface area contributed by atoms with Gasteiger partial charge in [-0.15, -0.1) is 0 Å². The van der Waals surface area contributed by atoms with Crippen LogP contribution in [-0.4, -0.2) is 11.8 Å². The van der Waals surface area contributed by atoms with Gasteiger partial charge in [0.15, 0.2) is 5.75 Å². The van der Waals surface area contributed by atoms with E-state index in [2.05, 4.69) is 5.32 Å². The summed E-state index contributed by atoms with van der Waals surface area (Å²) in [6.07, 6.45) is 0.